The molecule has 0 spiro atoms. The van der Waals surface area contributed by atoms with E-state index < -0.39 is 0 Å². The van der Waals surface area contributed by atoms with Crippen LogP contribution in [-0.4, -0.2) is 5.78 Å². The molecule has 4 rings (SSSR count). The third-order valence-corrected chi connectivity index (χ3v) is 6.56. The second kappa shape index (κ2) is 2.76. The first kappa shape index (κ1) is 10.8. The molecule has 0 aromatic carbocycles. The summed E-state index contributed by atoms with van der Waals surface area (Å²) < 4.78 is 5.29. The molecule has 0 aliphatic heterocycles. The lowest BCUT2D eigenvalue weighted by Crippen LogP contribution is -2.40. The molecule has 4 atom stereocenters. The summed E-state index contributed by atoms with van der Waals surface area (Å²) in [6.07, 6.45) is 6.78. The van der Waals surface area contributed by atoms with Gasteiger partial charge in [-0.2, -0.15) is 0 Å². The number of Topliss-reactive ketones (excluding diaryl/α,β-unsaturated/α-hetero) is 1. The second-order valence-corrected chi connectivity index (χ2v) is 7.41. The monoisotopic (exact) mass is 244 g/mol. The number of ketones is 1. The van der Waals surface area contributed by atoms with Gasteiger partial charge in [-0.1, -0.05) is 20.8 Å². The highest BCUT2D eigenvalue weighted by atomic mass is 16.3. The van der Waals surface area contributed by atoms with Gasteiger partial charge in [-0.25, -0.2) is 0 Å². The van der Waals surface area contributed by atoms with Gasteiger partial charge >= 0.3 is 0 Å². The maximum Gasteiger partial charge on any atom is 0.137 e. The lowest BCUT2D eigenvalue weighted by Gasteiger charge is -2.45. The number of fused-ring (bicyclic) bond motifs is 1. The Bertz CT molecular complexity index is 527. The van der Waals surface area contributed by atoms with Gasteiger partial charge in [0.1, 0.15) is 5.78 Å². The van der Waals surface area contributed by atoms with Crippen LogP contribution in [0.25, 0.3) is 0 Å². The average molecular weight is 244 g/mol. The highest BCUT2D eigenvalue weighted by Crippen LogP contribution is 2.84. The molecule has 0 amide bonds. The highest BCUT2D eigenvalue weighted by molar-refractivity contribution is 5.92. The largest absolute Gasteiger partial charge is 0.472 e. The van der Waals surface area contributed by atoms with Crippen LogP contribution >= 0.6 is 0 Å². The molecule has 0 radical (unpaired) electrons. The van der Waals surface area contributed by atoms with E-state index in [9.17, 15) is 4.79 Å². The van der Waals surface area contributed by atoms with Crippen molar-refractivity contribution in [3.63, 3.8) is 0 Å². The van der Waals surface area contributed by atoms with Gasteiger partial charge < -0.3 is 4.42 Å². The van der Waals surface area contributed by atoms with Gasteiger partial charge in [-0.3, -0.25) is 4.79 Å². The van der Waals surface area contributed by atoms with Crippen molar-refractivity contribution < 1.29 is 9.21 Å². The normalized spacial score (nSPS) is 48.1. The molecule has 3 saturated carbocycles. The Morgan fingerprint density at radius 2 is 2.06 bits per heavy atom. The molecule has 4 unspecified atom stereocenters. The minimum Gasteiger partial charge on any atom is -0.472 e. The fraction of sp³-hybridized carbons (Fsp3) is 0.688. The Morgan fingerprint density at radius 3 is 2.72 bits per heavy atom. The van der Waals surface area contributed by atoms with Crippen LogP contribution in [0.2, 0.25) is 0 Å². The summed E-state index contributed by atoms with van der Waals surface area (Å²) in [4.78, 5) is 12.4. The summed E-state index contributed by atoms with van der Waals surface area (Å²) in [5.41, 5.74) is 1.87. The predicted molar refractivity (Wildman–Crippen MR) is 68.1 cm³/mol. The Morgan fingerprint density at radius 1 is 1.28 bits per heavy atom. The van der Waals surface area contributed by atoms with Crippen LogP contribution in [0.5, 0.6) is 0 Å². The Kier molecular flexibility index (Phi) is 1.66. The first-order valence-electron chi connectivity index (χ1n) is 7.00. The summed E-state index contributed by atoms with van der Waals surface area (Å²) in [5.74, 6) is 1.30. The van der Waals surface area contributed by atoms with Crippen molar-refractivity contribution in [1.82, 2.24) is 0 Å². The number of furan rings is 1. The van der Waals surface area contributed by atoms with E-state index in [0.29, 0.717) is 17.1 Å². The molecule has 0 saturated heterocycles. The van der Waals surface area contributed by atoms with E-state index in [1.807, 2.05) is 6.26 Å². The van der Waals surface area contributed by atoms with E-state index in [1.54, 1.807) is 6.26 Å². The van der Waals surface area contributed by atoms with Crippen molar-refractivity contribution in [2.24, 2.45) is 22.7 Å². The van der Waals surface area contributed by atoms with E-state index >= 15 is 0 Å². The van der Waals surface area contributed by atoms with E-state index in [4.69, 9.17) is 4.42 Å². The number of carbonyl (C=O) groups is 1. The van der Waals surface area contributed by atoms with E-state index in [1.165, 1.54) is 12.0 Å². The Balaban J connectivity index is 1.89. The smallest absolute Gasteiger partial charge is 0.137 e. The zero-order valence-corrected chi connectivity index (χ0v) is 11.3. The first-order valence-corrected chi connectivity index (χ1v) is 7.00. The SMILES string of the molecule is CC1(C)CCC2(c3ccoc3)C3C(=O)CC1C32C. The lowest BCUT2D eigenvalue weighted by molar-refractivity contribution is -0.121. The molecule has 18 heavy (non-hydrogen) atoms. The summed E-state index contributed by atoms with van der Waals surface area (Å²) in [7, 11) is 0. The van der Waals surface area contributed by atoms with E-state index in [2.05, 4.69) is 26.8 Å². The maximum absolute atomic E-state index is 12.4. The Labute approximate surface area is 108 Å². The summed E-state index contributed by atoms with van der Waals surface area (Å²) in [5, 5.41) is 0. The predicted octanol–water partition coefficient (Wildman–Crippen LogP) is 3.56. The van der Waals surface area contributed by atoms with Gasteiger partial charge in [0, 0.05) is 17.8 Å². The lowest BCUT2D eigenvalue weighted by atomic mass is 9.58. The van der Waals surface area contributed by atoms with Gasteiger partial charge in [0.25, 0.3) is 0 Å². The van der Waals surface area contributed by atoms with Crippen LogP contribution in [0.3, 0.4) is 0 Å². The van der Waals surface area contributed by atoms with Gasteiger partial charge in [0.2, 0.25) is 0 Å². The number of carbonyl (C=O) groups excluding carboxylic acids is 1. The minimum atomic E-state index is 0.107. The first-order chi connectivity index (χ1) is 8.44. The molecule has 1 aromatic rings. The molecular formula is C16H20O2. The van der Waals surface area contributed by atoms with Crippen molar-refractivity contribution in [2.75, 3.05) is 0 Å². The second-order valence-electron chi connectivity index (χ2n) is 7.41. The fourth-order valence-electron chi connectivity index (χ4n) is 5.71. The Hall–Kier alpha value is -1.05. The molecule has 0 bridgehead atoms. The van der Waals surface area contributed by atoms with Crippen molar-refractivity contribution in [3.8, 4) is 0 Å². The van der Waals surface area contributed by atoms with Gasteiger partial charge in [0.15, 0.2) is 0 Å². The zero-order valence-electron chi connectivity index (χ0n) is 11.3. The van der Waals surface area contributed by atoms with Crippen molar-refractivity contribution in [2.45, 2.75) is 45.4 Å². The quantitative estimate of drug-likeness (QED) is 0.756. The standard InChI is InChI=1S/C16H20O2/c1-14(2)5-6-16(10-4-7-18-9-10)13-11(17)8-12(14)15(13,16)3/h4,7,9,12-13H,5-6,8H2,1-3H3. The molecule has 0 N–H and O–H groups in total. The molecule has 3 fully saturated rings. The van der Waals surface area contributed by atoms with Crippen LogP contribution < -0.4 is 0 Å². The number of hydrogen-bond acceptors (Lipinski definition) is 2. The highest BCUT2D eigenvalue weighted by Gasteiger charge is 2.85. The van der Waals surface area contributed by atoms with E-state index in [-0.39, 0.29) is 16.7 Å². The molecular weight excluding hydrogens is 224 g/mol. The third kappa shape index (κ3) is 0.866. The minimum absolute atomic E-state index is 0.107. The maximum atomic E-state index is 12.4. The molecule has 1 heterocycles. The molecule has 3 aliphatic carbocycles. The third-order valence-electron chi connectivity index (χ3n) is 6.56. The van der Waals surface area contributed by atoms with E-state index in [0.717, 1.165) is 12.8 Å². The van der Waals surface area contributed by atoms with Crippen LogP contribution in [-0.2, 0) is 10.2 Å². The average Bonchev–Trinajstić information content (AvgIpc) is 2.72. The molecule has 2 nitrogen and oxygen atoms in total. The topological polar surface area (TPSA) is 30.2 Å². The van der Waals surface area contributed by atoms with Crippen LogP contribution in [0, 0.1) is 22.7 Å². The van der Waals surface area contributed by atoms with Crippen LogP contribution in [0.1, 0.15) is 45.6 Å². The van der Waals surface area contributed by atoms with Gasteiger partial charge in [-0.05, 0) is 41.2 Å². The molecule has 1 aromatic heterocycles. The summed E-state index contributed by atoms with van der Waals surface area (Å²) in [6, 6.07) is 2.08. The fourth-order valence-corrected chi connectivity index (χ4v) is 5.71. The number of rotatable bonds is 1. The molecule has 3 aliphatic rings. The van der Waals surface area contributed by atoms with Crippen LogP contribution in [0.4, 0.5) is 0 Å². The van der Waals surface area contributed by atoms with Crippen LogP contribution in [0.15, 0.2) is 23.0 Å². The van der Waals surface area contributed by atoms with Crippen molar-refractivity contribution in [3.05, 3.63) is 24.2 Å². The summed E-state index contributed by atoms with van der Waals surface area (Å²) in [6.45, 7) is 7.04. The van der Waals surface area contributed by atoms with Gasteiger partial charge in [-0.15, -0.1) is 0 Å². The zero-order chi connectivity index (χ0) is 12.8. The van der Waals surface area contributed by atoms with Crippen molar-refractivity contribution in [1.29, 1.82) is 0 Å². The van der Waals surface area contributed by atoms with Gasteiger partial charge in [0.05, 0.1) is 12.5 Å². The van der Waals surface area contributed by atoms with Crippen molar-refractivity contribution >= 4 is 5.78 Å². The molecule has 2 heteroatoms. The number of hydrogen-bond donors (Lipinski definition) is 0. The molecule has 96 valence electrons. The summed E-state index contributed by atoms with van der Waals surface area (Å²) >= 11 is 0.